The Balaban J connectivity index is 1.88. The predicted octanol–water partition coefficient (Wildman–Crippen LogP) is 2.74. The summed E-state index contributed by atoms with van der Waals surface area (Å²) in [4.78, 5) is 23.9. The van der Waals surface area contributed by atoms with Crippen LogP contribution in [0.1, 0.15) is 21.5 Å². The van der Waals surface area contributed by atoms with Gasteiger partial charge in [-0.05, 0) is 23.8 Å². The lowest BCUT2D eigenvalue weighted by molar-refractivity contribution is -0.121. The van der Waals surface area contributed by atoms with Crippen molar-refractivity contribution in [3.05, 3.63) is 89.5 Å². The van der Waals surface area contributed by atoms with Gasteiger partial charge in [-0.15, -0.1) is 0 Å². The molecule has 0 bridgehead atoms. The number of nitrogens with zero attached hydrogens (tertiary/aromatic N) is 2. The Bertz CT molecular complexity index is 1360. The zero-order valence-corrected chi connectivity index (χ0v) is 20.4. The Kier molecular flexibility index (Phi) is 8.76. The molecular weight excluding hydrogens is 486 g/mol. The fourth-order valence-electron chi connectivity index (χ4n) is 3.31. The minimum absolute atomic E-state index is 0.00824. The van der Waals surface area contributed by atoms with Crippen LogP contribution in [0.2, 0.25) is 0 Å². The van der Waals surface area contributed by atoms with E-state index in [1.807, 2.05) is 0 Å². The molecule has 0 saturated carbocycles. The van der Waals surface area contributed by atoms with Gasteiger partial charge in [0.05, 0.1) is 32.5 Å². The average molecular weight is 512 g/mol. The van der Waals surface area contributed by atoms with Gasteiger partial charge in [0.15, 0.2) is 0 Å². The zero-order chi connectivity index (χ0) is 26.1. The Hall–Kier alpha value is -4.22. The molecule has 0 aliphatic carbocycles. The van der Waals surface area contributed by atoms with Gasteiger partial charge in [-0.2, -0.15) is 9.41 Å². The van der Waals surface area contributed by atoms with E-state index in [1.54, 1.807) is 48.5 Å². The first-order chi connectivity index (χ1) is 17.3. The predicted molar refractivity (Wildman–Crippen MR) is 133 cm³/mol. The van der Waals surface area contributed by atoms with Crippen molar-refractivity contribution in [3.8, 4) is 11.5 Å². The molecule has 0 atom stereocenters. The quantitative estimate of drug-likeness (QED) is 0.299. The first kappa shape index (κ1) is 26.4. The van der Waals surface area contributed by atoms with Gasteiger partial charge in [0.1, 0.15) is 16.4 Å². The molecular formula is C25H25N3O7S. The molecule has 0 aliphatic heterocycles. The number of aromatic carboxylic acids is 1. The number of amides is 1. The monoisotopic (exact) mass is 511 g/mol. The molecule has 0 unspecified atom stereocenters. The zero-order valence-electron chi connectivity index (χ0n) is 19.6. The smallest absolute Gasteiger partial charge is 0.336 e. The molecule has 3 aromatic rings. The minimum Gasteiger partial charge on any atom is -0.497 e. The van der Waals surface area contributed by atoms with E-state index in [2.05, 4.69) is 10.5 Å². The highest BCUT2D eigenvalue weighted by molar-refractivity contribution is 7.89. The first-order valence-electron chi connectivity index (χ1n) is 10.7. The maximum Gasteiger partial charge on any atom is 0.336 e. The molecule has 0 aliphatic rings. The minimum atomic E-state index is -4.23. The van der Waals surface area contributed by atoms with E-state index in [9.17, 15) is 23.1 Å². The molecule has 188 valence electrons. The van der Waals surface area contributed by atoms with Gasteiger partial charge in [0.2, 0.25) is 10.0 Å². The number of carboxylic acids is 1. The van der Waals surface area contributed by atoms with Gasteiger partial charge in [0.25, 0.3) is 5.91 Å². The molecule has 36 heavy (non-hydrogen) atoms. The number of rotatable bonds is 11. The van der Waals surface area contributed by atoms with Gasteiger partial charge >= 0.3 is 5.97 Å². The van der Waals surface area contributed by atoms with Crippen molar-refractivity contribution in [3.63, 3.8) is 0 Å². The standard InChI is InChI=1S/C25H25N3O7S/c1-34-20-12-13-22(35-2)23(14-20)36(32,33)28(16-18-8-4-3-5-9-18)17-24(29)27-26-15-19-10-6-7-11-21(19)25(30)31/h3-15H,16-17H2,1-2H3,(H,27,29)(H,30,31)/b26-15+. The van der Waals surface area contributed by atoms with Crippen LogP contribution in [0.3, 0.4) is 0 Å². The number of hydrazone groups is 1. The van der Waals surface area contributed by atoms with Gasteiger partial charge < -0.3 is 14.6 Å². The molecule has 0 heterocycles. The van der Waals surface area contributed by atoms with Crippen molar-refractivity contribution < 1.29 is 32.6 Å². The van der Waals surface area contributed by atoms with Crippen molar-refractivity contribution in [2.75, 3.05) is 20.8 Å². The fourth-order valence-corrected chi connectivity index (χ4v) is 4.87. The third kappa shape index (κ3) is 6.46. The highest BCUT2D eigenvalue weighted by atomic mass is 32.2. The summed E-state index contributed by atoms with van der Waals surface area (Å²) in [6, 6.07) is 19.3. The first-order valence-corrected chi connectivity index (χ1v) is 12.1. The van der Waals surface area contributed by atoms with Crippen LogP contribution in [0.25, 0.3) is 0 Å². The second-order valence-corrected chi connectivity index (χ2v) is 9.37. The summed E-state index contributed by atoms with van der Waals surface area (Å²) in [5, 5.41) is 13.1. The lowest BCUT2D eigenvalue weighted by Crippen LogP contribution is -2.39. The van der Waals surface area contributed by atoms with E-state index in [0.29, 0.717) is 11.3 Å². The summed E-state index contributed by atoms with van der Waals surface area (Å²) < 4.78 is 38.7. The van der Waals surface area contributed by atoms with E-state index in [4.69, 9.17) is 9.47 Å². The van der Waals surface area contributed by atoms with Gasteiger partial charge in [-0.25, -0.2) is 18.6 Å². The molecule has 0 saturated heterocycles. The second kappa shape index (κ2) is 12.0. The maximum absolute atomic E-state index is 13.6. The highest BCUT2D eigenvalue weighted by Gasteiger charge is 2.30. The van der Waals surface area contributed by atoms with Crippen LogP contribution in [0.4, 0.5) is 0 Å². The molecule has 10 nitrogen and oxygen atoms in total. The molecule has 0 radical (unpaired) electrons. The number of ether oxygens (including phenoxy) is 2. The van der Waals surface area contributed by atoms with Crippen LogP contribution in [-0.4, -0.2) is 56.7 Å². The number of carbonyl (C=O) groups excluding carboxylic acids is 1. The molecule has 11 heteroatoms. The normalized spacial score (nSPS) is 11.4. The third-order valence-electron chi connectivity index (χ3n) is 5.09. The summed E-state index contributed by atoms with van der Waals surface area (Å²) in [5.74, 6) is -1.46. The van der Waals surface area contributed by atoms with Crippen LogP contribution in [0.5, 0.6) is 11.5 Å². The van der Waals surface area contributed by atoms with Crippen LogP contribution in [-0.2, 0) is 21.4 Å². The van der Waals surface area contributed by atoms with Crippen LogP contribution < -0.4 is 14.9 Å². The Morgan fingerprint density at radius 3 is 2.36 bits per heavy atom. The van der Waals surface area contributed by atoms with Crippen molar-refractivity contribution in [2.24, 2.45) is 5.10 Å². The SMILES string of the molecule is COc1ccc(OC)c(S(=O)(=O)N(CC(=O)N/N=C/c2ccccc2C(=O)O)Cc2ccccc2)c1. The van der Waals surface area contributed by atoms with E-state index in [-0.39, 0.29) is 28.3 Å². The van der Waals surface area contributed by atoms with E-state index >= 15 is 0 Å². The van der Waals surface area contributed by atoms with Crippen molar-refractivity contribution in [1.29, 1.82) is 0 Å². The fraction of sp³-hybridized carbons (Fsp3) is 0.160. The number of benzene rings is 3. The van der Waals surface area contributed by atoms with E-state index < -0.39 is 28.4 Å². The number of hydrogen-bond donors (Lipinski definition) is 2. The summed E-state index contributed by atoms with van der Waals surface area (Å²) in [5.41, 5.74) is 3.21. The number of nitrogens with one attached hydrogen (secondary N) is 1. The molecule has 0 aromatic heterocycles. The number of carboxylic acid groups (broad SMARTS) is 1. The summed E-state index contributed by atoms with van der Waals surface area (Å²) in [6.45, 7) is -0.655. The third-order valence-corrected chi connectivity index (χ3v) is 6.91. The highest BCUT2D eigenvalue weighted by Crippen LogP contribution is 2.31. The van der Waals surface area contributed by atoms with Crippen molar-refractivity contribution in [2.45, 2.75) is 11.4 Å². The largest absolute Gasteiger partial charge is 0.497 e. The molecule has 2 N–H and O–H groups in total. The van der Waals surface area contributed by atoms with Gasteiger partial charge in [0, 0.05) is 18.2 Å². The summed E-state index contributed by atoms with van der Waals surface area (Å²) in [7, 11) is -1.47. The number of hydrogen-bond acceptors (Lipinski definition) is 7. The topological polar surface area (TPSA) is 135 Å². The van der Waals surface area contributed by atoms with Crippen LogP contribution in [0, 0.1) is 0 Å². The summed E-state index contributed by atoms with van der Waals surface area (Å²) >= 11 is 0. The maximum atomic E-state index is 13.6. The Morgan fingerprint density at radius 2 is 1.69 bits per heavy atom. The van der Waals surface area contributed by atoms with Crippen LogP contribution >= 0.6 is 0 Å². The van der Waals surface area contributed by atoms with Crippen molar-refractivity contribution >= 4 is 28.1 Å². The molecule has 3 aromatic carbocycles. The second-order valence-electron chi connectivity index (χ2n) is 7.46. The van der Waals surface area contributed by atoms with Crippen molar-refractivity contribution in [1.82, 2.24) is 9.73 Å². The molecule has 0 fully saturated rings. The van der Waals surface area contributed by atoms with E-state index in [0.717, 1.165) is 4.31 Å². The van der Waals surface area contributed by atoms with Gasteiger partial charge in [-0.3, -0.25) is 4.79 Å². The summed E-state index contributed by atoms with van der Waals surface area (Å²) in [6.07, 6.45) is 1.18. The number of sulfonamides is 1. The van der Waals surface area contributed by atoms with E-state index in [1.165, 1.54) is 44.7 Å². The van der Waals surface area contributed by atoms with Gasteiger partial charge in [-0.1, -0.05) is 48.5 Å². The average Bonchev–Trinajstić information content (AvgIpc) is 2.88. The molecule has 1 amide bonds. The molecule has 0 spiro atoms. The Labute approximate surface area is 208 Å². The Morgan fingerprint density at radius 1 is 1.00 bits per heavy atom. The number of methoxy groups -OCH3 is 2. The lowest BCUT2D eigenvalue weighted by atomic mass is 10.1. The lowest BCUT2D eigenvalue weighted by Gasteiger charge is -2.23. The number of carbonyl (C=O) groups is 2. The van der Waals surface area contributed by atoms with Crippen LogP contribution in [0.15, 0.2) is 82.8 Å². The molecule has 3 rings (SSSR count).